The van der Waals surface area contributed by atoms with Crippen LogP contribution < -0.4 is 15.8 Å². The molecule has 2 fully saturated rings. The van der Waals surface area contributed by atoms with Gasteiger partial charge in [-0.1, -0.05) is 18.0 Å². The molecule has 1 aliphatic carbocycles. The second-order valence-electron chi connectivity index (χ2n) is 8.90. The lowest BCUT2D eigenvalue weighted by Crippen LogP contribution is -2.46. The average molecular weight is 512 g/mol. The molecule has 194 valence electrons. The SMILES string of the molecule is COc1cc(N)c(Cl)cc1C(=O)NC1CCN(CC(=O)OC(C)OC(=O)OC2CCCCC2)CC1. The lowest BCUT2D eigenvalue weighted by Gasteiger charge is -2.32. The molecule has 0 spiro atoms. The van der Waals surface area contributed by atoms with E-state index >= 15 is 0 Å². The molecule has 1 atom stereocenters. The average Bonchev–Trinajstić information content (AvgIpc) is 2.82. The van der Waals surface area contributed by atoms with Crippen molar-refractivity contribution in [3.63, 3.8) is 0 Å². The van der Waals surface area contributed by atoms with Gasteiger partial charge in [0.2, 0.25) is 6.29 Å². The molecule has 0 bridgehead atoms. The molecular formula is C24H34ClN3O7. The molecule has 2 aliphatic rings. The van der Waals surface area contributed by atoms with Gasteiger partial charge >= 0.3 is 12.1 Å². The summed E-state index contributed by atoms with van der Waals surface area (Å²) in [7, 11) is 1.46. The van der Waals surface area contributed by atoms with Gasteiger partial charge in [-0.25, -0.2) is 4.79 Å². The van der Waals surface area contributed by atoms with Gasteiger partial charge in [-0.15, -0.1) is 0 Å². The zero-order valence-electron chi connectivity index (χ0n) is 20.2. The monoisotopic (exact) mass is 511 g/mol. The number of amides is 1. The number of carbonyl (C=O) groups is 3. The molecule has 11 heteroatoms. The van der Waals surface area contributed by atoms with Crippen LogP contribution in [0.1, 0.15) is 62.2 Å². The van der Waals surface area contributed by atoms with Crippen molar-refractivity contribution in [2.45, 2.75) is 70.3 Å². The van der Waals surface area contributed by atoms with E-state index in [1.807, 2.05) is 4.90 Å². The quantitative estimate of drug-likeness (QED) is 0.306. The maximum atomic E-state index is 12.7. The van der Waals surface area contributed by atoms with E-state index in [1.54, 1.807) is 0 Å². The number of rotatable bonds is 8. The van der Waals surface area contributed by atoms with Gasteiger partial charge in [0.05, 0.1) is 29.9 Å². The highest BCUT2D eigenvalue weighted by atomic mass is 35.5. The summed E-state index contributed by atoms with van der Waals surface area (Å²) in [5.41, 5.74) is 6.43. The standard InChI is InChI=1S/C24H34ClN3O7/c1-15(34-24(31)35-17-6-4-3-5-7-17)33-22(29)14-28-10-8-16(9-11-28)27-23(30)18-12-19(25)20(26)13-21(18)32-2/h12-13,15-17H,3-11,14,26H2,1-2H3,(H,27,30). The summed E-state index contributed by atoms with van der Waals surface area (Å²) < 4.78 is 20.8. The van der Waals surface area contributed by atoms with Gasteiger partial charge in [-0.3, -0.25) is 14.5 Å². The Hall–Kier alpha value is -2.72. The number of likely N-dealkylation sites (tertiary alicyclic amines) is 1. The molecule has 0 aromatic heterocycles. The Morgan fingerprint density at radius 3 is 2.46 bits per heavy atom. The first-order valence-electron chi connectivity index (χ1n) is 12.0. The van der Waals surface area contributed by atoms with Gasteiger partial charge in [-0.2, -0.15) is 0 Å². The summed E-state index contributed by atoms with van der Waals surface area (Å²) in [6.07, 6.45) is 4.23. The molecule has 0 radical (unpaired) electrons. The Morgan fingerprint density at radius 2 is 1.80 bits per heavy atom. The summed E-state index contributed by atoms with van der Waals surface area (Å²) in [5, 5.41) is 3.27. The van der Waals surface area contributed by atoms with Crippen LogP contribution in [-0.4, -0.2) is 68.1 Å². The Kier molecular flexibility index (Phi) is 9.85. The number of nitrogens with two attached hydrogens (primary N) is 1. The second-order valence-corrected chi connectivity index (χ2v) is 9.31. The van der Waals surface area contributed by atoms with Crippen molar-refractivity contribution in [1.82, 2.24) is 10.2 Å². The molecule has 1 saturated carbocycles. The zero-order valence-corrected chi connectivity index (χ0v) is 21.0. The molecule has 1 amide bonds. The predicted molar refractivity (Wildman–Crippen MR) is 129 cm³/mol. The molecule has 1 aromatic rings. The zero-order chi connectivity index (χ0) is 25.4. The first kappa shape index (κ1) is 26.9. The van der Waals surface area contributed by atoms with Crippen molar-refractivity contribution < 1.29 is 33.3 Å². The third-order valence-electron chi connectivity index (χ3n) is 6.21. The molecule has 1 aliphatic heterocycles. The number of anilines is 1. The van der Waals surface area contributed by atoms with Crippen molar-refractivity contribution in [2.75, 3.05) is 32.5 Å². The molecule has 10 nitrogen and oxygen atoms in total. The minimum atomic E-state index is -1.03. The van der Waals surface area contributed by atoms with Crippen molar-refractivity contribution in [1.29, 1.82) is 0 Å². The van der Waals surface area contributed by atoms with E-state index in [-0.39, 0.29) is 29.6 Å². The smallest absolute Gasteiger partial charge is 0.496 e. The summed E-state index contributed by atoms with van der Waals surface area (Å²) in [4.78, 5) is 38.8. The number of piperidine rings is 1. The number of hydrogen-bond donors (Lipinski definition) is 2. The first-order valence-corrected chi connectivity index (χ1v) is 12.4. The van der Waals surface area contributed by atoms with Gasteiger partial charge in [-0.05, 0) is 44.6 Å². The second kappa shape index (κ2) is 12.8. The third kappa shape index (κ3) is 8.17. The van der Waals surface area contributed by atoms with Gasteiger partial charge in [0.25, 0.3) is 5.91 Å². The topological polar surface area (TPSA) is 129 Å². The van der Waals surface area contributed by atoms with E-state index in [1.165, 1.54) is 26.2 Å². The highest BCUT2D eigenvalue weighted by Gasteiger charge is 2.26. The Balaban J connectivity index is 1.37. The van der Waals surface area contributed by atoms with Crippen LogP contribution in [0.4, 0.5) is 10.5 Å². The summed E-state index contributed by atoms with van der Waals surface area (Å²) in [6.45, 7) is 2.74. The number of nitrogen functional groups attached to an aromatic ring is 1. The summed E-state index contributed by atoms with van der Waals surface area (Å²) in [5.74, 6) is -0.442. The first-order chi connectivity index (χ1) is 16.7. The van der Waals surface area contributed by atoms with Gasteiger partial charge in [0.15, 0.2) is 0 Å². The number of nitrogens with zero attached hydrogens (tertiary/aromatic N) is 1. The number of carbonyl (C=O) groups excluding carboxylic acids is 3. The largest absolute Gasteiger partial charge is 0.511 e. The molecule has 1 unspecified atom stereocenters. The minimum absolute atomic E-state index is 0.0624. The normalized spacial score (nSPS) is 18.4. The fourth-order valence-corrected chi connectivity index (χ4v) is 4.49. The Bertz CT molecular complexity index is 899. The van der Waals surface area contributed by atoms with Crippen molar-refractivity contribution >= 4 is 35.3 Å². The van der Waals surface area contributed by atoms with Crippen molar-refractivity contribution in [3.8, 4) is 5.75 Å². The van der Waals surface area contributed by atoms with Crippen LogP contribution in [0.3, 0.4) is 0 Å². The van der Waals surface area contributed by atoms with Crippen LogP contribution in [0, 0.1) is 0 Å². The van der Waals surface area contributed by atoms with E-state index in [9.17, 15) is 14.4 Å². The molecule has 3 rings (SSSR count). The number of halogens is 1. The van der Waals surface area contributed by atoms with Gasteiger partial charge in [0, 0.05) is 32.1 Å². The van der Waals surface area contributed by atoms with Crippen LogP contribution >= 0.6 is 11.6 Å². The summed E-state index contributed by atoms with van der Waals surface area (Å²) in [6, 6.07) is 2.95. The fourth-order valence-electron chi connectivity index (χ4n) is 4.33. The van der Waals surface area contributed by atoms with Crippen LogP contribution in [0.5, 0.6) is 5.75 Å². The van der Waals surface area contributed by atoms with Crippen molar-refractivity contribution in [2.24, 2.45) is 0 Å². The highest BCUT2D eigenvalue weighted by Crippen LogP contribution is 2.29. The van der Waals surface area contributed by atoms with Gasteiger partial charge < -0.3 is 30.0 Å². The maximum absolute atomic E-state index is 12.7. The molecule has 1 saturated heterocycles. The number of nitrogens with one attached hydrogen (secondary N) is 1. The molecule has 1 heterocycles. The van der Waals surface area contributed by atoms with E-state index < -0.39 is 18.4 Å². The Morgan fingerprint density at radius 1 is 1.11 bits per heavy atom. The molecule has 1 aromatic carbocycles. The van der Waals surface area contributed by atoms with E-state index in [0.717, 1.165) is 32.1 Å². The fraction of sp³-hybridized carbons (Fsp3) is 0.625. The minimum Gasteiger partial charge on any atom is -0.496 e. The van der Waals surface area contributed by atoms with Crippen LogP contribution in [0.15, 0.2) is 12.1 Å². The third-order valence-corrected chi connectivity index (χ3v) is 6.54. The Labute approximate surface area is 210 Å². The highest BCUT2D eigenvalue weighted by molar-refractivity contribution is 6.33. The number of esters is 1. The van der Waals surface area contributed by atoms with E-state index in [2.05, 4.69) is 5.32 Å². The summed E-state index contributed by atoms with van der Waals surface area (Å²) >= 11 is 6.06. The molecular weight excluding hydrogens is 478 g/mol. The lowest BCUT2D eigenvalue weighted by molar-refractivity contribution is -0.170. The molecule has 3 N–H and O–H groups in total. The lowest BCUT2D eigenvalue weighted by atomic mass is 9.98. The van der Waals surface area contributed by atoms with E-state index in [0.29, 0.717) is 42.9 Å². The number of benzene rings is 1. The number of methoxy groups -OCH3 is 1. The van der Waals surface area contributed by atoms with Crippen LogP contribution in [-0.2, 0) is 19.0 Å². The molecule has 35 heavy (non-hydrogen) atoms. The maximum Gasteiger partial charge on any atom is 0.511 e. The van der Waals surface area contributed by atoms with E-state index in [4.69, 9.17) is 36.3 Å². The number of ether oxygens (including phenoxy) is 4. The van der Waals surface area contributed by atoms with Gasteiger partial charge in [0.1, 0.15) is 11.9 Å². The predicted octanol–water partition coefficient (Wildman–Crippen LogP) is 3.50. The van der Waals surface area contributed by atoms with Crippen LogP contribution in [0.25, 0.3) is 0 Å². The van der Waals surface area contributed by atoms with Crippen LogP contribution in [0.2, 0.25) is 5.02 Å². The number of hydrogen-bond acceptors (Lipinski definition) is 9. The van der Waals surface area contributed by atoms with Crippen molar-refractivity contribution in [3.05, 3.63) is 22.7 Å².